The van der Waals surface area contributed by atoms with Gasteiger partial charge in [-0.15, -0.1) is 0 Å². The number of methoxy groups -OCH3 is 1. The minimum atomic E-state index is -0.740. The van der Waals surface area contributed by atoms with Crippen molar-refractivity contribution in [3.05, 3.63) is 46.7 Å². The zero-order valence-electron chi connectivity index (χ0n) is 22.4. The molecule has 1 N–H and O–H groups in total. The fraction of sp³-hybridized carbons (Fsp3) is 0.517. The first-order chi connectivity index (χ1) is 17.8. The second-order valence-electron chi connectivity index (χ2n) is 9.11. The molecule has 0 fully saturated rings. The number of carbonyl (C=O) groups is 4. The highest BCUT2D eigenvalue weighted by Gasteiger charge is 2.31. The Labute approximate surface area is 219 Å². The molecule has 0 aliphatic heterocycles. The first kappa shape index (κ1) is 29.8. The number of hydrogen-bond donors (Lipinski definition) is 1. The van der Waals surface area contributed by atoms with Crippen molar-refractivity contribution in [2.24, 2.45) is 0 Å². The summed E-state index contributed by atoms with van der Waals surface area (Å²) in [5, 5.41) is 2.64. The van der Waals surface area contributed by atoms with Crippen LogP contribution in [0.5, 0.6) is 5.75 Å². The van der Waals surface area contributed by atoms with E-state index in [0.717, 1.165) is 51.4 Å². The minimum absolute atomic E-state index is 0.0394. The van der Waals surface area contributed by atoms with Crippen molar-refractivity contribution in [1.82, 2.24) is 0 Å². The van der Waals surface area contributed by atoms with Crippen LogP contribution < -0.4 is 10.1 Å². The van der Waals surface area contributed by atoms with E-state index in [1.54, 1.807) is 31.2 Å². The van der Waals surface area contributed by atoms with Crippen molar-refractivity contribution in [3.63, 3.8) is 0 Å². The van der Waals surface area contributed by atoms with Gasteiger partial charge in [0.05, 0.1) is 13.7 Å². The molecule has 0 radical (unpaired) electrons. The molecule has 202 valence electrons. The number of Topliss-reactive ketones (excluding diaryl/α,β-unsaturated/α-hetero) is 2. The molecule has 0 bridgehead atoms. The molecule has 1 aliphatic carbocycles. The summed E-state index contributed by atoms with van der Waals surface area (Å²) in [4.78, 5) is 48.0. The highest BCUT2D eigenvalue weighted by Crippen LogP contribution is 2.30. The van der Waals surface area contributed by atoms with Gasteiger partial charge in [0.15, 0.2) is 11.5 Å². The van der Waals surface area contributed by atoms with Crippen LogP contribution in [-0.2, 0) is 23.9 Å². The number of unbranched alkanes of at least 4 members (excludes halogenated alkanes) is 7. The fourth-order valence-electron chi connectivity index (χ4n) is 4.29. The van der Waals surface area contributed by atoms with E-state index in [-0.39, 0.29) is 23.2 Å². The lowest BCUT2D eigenvalue weighted by Gasteiger charge is -2.20. The van der Waals surface area contributed by atoms with E-state index >= 15 is 0 Å². The summed E-state index contributed by atoms with van der Waals surface area (Å²) in [6.45, 7) is 5.32. The highest BCUT2D eigenvalue weighted by atomic mass is 16.7. The van der Waals surface area contributed by atoms with Crippen LogP contribution >= 0.6 is 0 Å². The van der Waals surface area contributed by atoms with Gasteiger partial charge in [-0.1, -0.05) is 45.4 Å². The molecule has 0 heterocycles. The predicted molar refractivity (Wildman–Crippen MR) is 141 cm³/mol. The second kappa shape index (κ2) is 15.6. The molecule has 8 heteroatoms. The van der Waals surface area contributed by atoms with Crippen molar-refractivity contribution in [2.75, 3.05) is 19.0 Å². The van der Waals surface area contributed by atoms with Crippen LogP contribution in [0.1, 0.15) is 85.0 Å². The Morgan fingerprint density at radius 1 is 0.838 bits per heavy atom. The quantitative estimate of drug-likeness (QED) is 0.124. The first-order valence-electron chi connectivity index (χ1n) is 13.1. The molecule has 0 saturated heterocycles. The van der Waals surface area contributed by atoms with Gasteiger partial charge in [-0.05, 0) is 56.9 Å². The summed E-state index contributed by atoms with van der Waals surface area (Å²) in [5.41, 5.74) is 2.27. The summed E-state index contributed by atoms with van der Waals surface area (Å²) < 4.78 is 15.4. The van der Waals surface area contributed by atoms with E-state index in [1.165, 1.54) is 14.0 Å². The van der Waals surface area contributed by atoms with E-state index in [4.69, 9.17) is 14.2 Å². The summed E-state index contributed by atoms with van der Waals surface area (Å²) >= 11 is 0. The van der Waals surface area contributed by atoms with Gasteiger partial charge in [-0.25, -0.2) is 4.79 Å². The number of nitrogens with one attached hydrogen (secondary N) is 1. The van der Waals surface area contributed by atoms with Gasteiger partial charge in [0.25, 0.3) is 0 Å². The van der Waals surface area contributed by atoms with E-state index in [9.17, 15) is 19.2 Å². The van der Waals surface area contributed by atoms with Crippen molar-refractivity contribution in [3.8, 4) is 5.75 Å². The molecule has 0 saturated carbocycles. The van der Waals surface area contributed by atoms with Crippen molar-refractivity contribution in [1.29, 1.82) is 0 Å². The third-order valence-corrected chi connectivity index (χ3v) is 6.30. The lowest BCUT2D eigenvalue weighted by Crippen LogP contribution is -2.23. The Morgan fingerprint density at radius 3 is 2.00 bits per heavy atom. The number of ketones is 2. The molecule has 1 aliphatic rings. The number of ether oxygens (including phenoxy) is 3. The van der Waals surface area contributed by atoms with Crippen LogP contribution in [0.2, 0.25) is 0 Å². The molecule has 0 atom stereocenters. The monoisotopic (exact) mass is 513 g/mol. The van der Waals surface area contributed by atoms with Crippen molar-refractivity contribution < 1.29 is 33.4 Å². The minimum Gasteiger partial charge on any atom is -0.492 e. The van der Waals surface area contributed by atoms with E-state index in [0.29, 0.717) is 47.6 Å². The van der Waals surface area contributed by atoms with Gasteiger partial charge in [-0.3, -0.25) is 14.4 Å². The summed E-state index contributed by atoms with van der Waals surface area (Å²) in [6.07, 6.45) is 8.37. The summed E-state index contributed by atoms with van der Waals surface area (Å²) in [6, 6.07) is 6.48. The van der Waals surface area contributed by atoms with Crippen LogP contribution in [0.25, 0.3) is 0 Å². The summed E-state index contributed by atoms with van der Waals surface area (Å²) in [7, 11) is 1.44. The molecule has 2 rings (SSSR count). The molecule has 1 aromatic carbocycles. The molecular formula is C29H39NO7. The number of allylic oxidation sites excluding steroid dienone is 3. The topological polar surface area (TPSA) is 108 Å². The highest BCUT2D eigenvalue weighted by molar-refractivity contribution is 6.24. The third kappa shape index (κ3) is 9.52. The number of hydrogen-bond acceptors (Lipinski definition) is 7. The molecule has 37 heavy (non-hydrogen) atoms. The standard InChI is InChI=1S/C29H39NO7/c1-5-24-27(33)25(20(2)26(32)28(24)35-4)14-12-10-8-6-7-9-11-13-19-36-29(34)37-23-17-15-22(16-18-23)30-21(3)31/h15-18H,5-14,19H2,1-4H3,(H,30,31). The second-order valence-corrected chi connectivity index (χ2v) is 9.11. The van der Waals surface area contributed by atoms with Gasteiger partial charge in [-0.2, -0.15) is 0 Å². The normalized spacial score (nSPS) is 13.6. The number of rotatable bonds is 15. The van der Waals surface area contributed by atoms with E-state index in [2.05, 4.69) is 5.32 Å². The average molecular weight is 514 g/mol. The lowest BCUT2D eigenvalue weighted by atomic mass is 9.85. The Balaban J connectivity index is 1.52. The molecular weight excluding hydrogens is 474 g/mol. The molecule has 1 aromatic rings. The van der Waals surface area contributed by atoms with Gasteiger partial charge in [0, 0.05) is 29.3 Å². The Hall–Kier alpha value is -3.42. The van der Waals surface area contributed by atoms with E-state index < -0.39 is 6.16 Å². The zero-order chi connectivity index (χ0) is 27.2. The number of benzene rings is 1. The molecule has 0 unspecified atom stereocenters. The van der Waals surface area contributed by atoms with Crippen LogP contribution in [0, 0.1) is 0 Å². The van der Waals surface area contributed by atoms with E-state index in [1.807, 2.05) is 6.92 Å². The third-order valence-electron chi connectivity index (χ3n) is 6.30. The zero-order valence-corrected chi connectivity index (χ0v) is 22.4. The maximum Gasteiger partial charge on any atom is 0.513 e. The van der Waals surface area contributed by atoms with Gasteiger partial charge < -0.3 is 19.5 Å². The molecule has 1 amide bonds. The lowest BCUT2D eigenvalue weighted by molar-refractivity contribution is -0.119. The summed E-state index contributed by atoms with van der Waals surface area (Å²) in [5.74, 6) is 0.181. The predicted octanol–water partition coefficient (Wildman–Crippen LogP) is 6.45. The molecule has 8 nitrogen and oxygen atoms in total. The largest absolute Gasteiger partial charge is 0.513 e. The van der Waals surface area contributed by atoms with Gasteiger partial charge in [0.2, 0.25) is 11.7 Å². The van der Waals surface area contributed by atoms with Crippen molar-refractivity contribution in [2.45, 2.75) is 85.0 Å². The fourth-order valence-corrected chi connectivity index (χ4v) is 4.29. The SMILES string of the molecule is CCC1=C(OC)C(=O)C(C)=C(CCCCCCCCCCOC(=O)Oc2ccc(NC(C)=O)cc2)C1=O. The van der Waals surface area contributed by atoms with Crippen LogP contribution in [0.15, 0.2) is 46.7 Å². The number of amides is 1. The molecule has 0 aromatic heterocycles. The van der Waals surface area contributed by atoms with Crippen LogP contribution in [0.4, 0.5) is 10.5 Å². The maximum atomic E-state index is 12.8. The Bertz CT molecular complexity index is 1020. The number of anilines is 1. The Morgan fingerprint density at radius 2 is 1.43 bits per heavy atom. The van der Waals surface area contributed by atoms with Gasteiger partial charge in [0.1, 0.15) is 5.75 Å². The maximum absolute atomic E-state index is 12.8. The number of carbonyl (C=O) groups excluding carboxylic acids is 4. The van der Waals surface area contributed by atoms with Gasteiger partial charge >= 0.3 is 6.16 Å². The Kier molecular flexibility index (Phi) is 12.6. The average Bonchev–Trinajstić information content (AvgIpc) is 2.87. The van der Waals surface area contributed by atoms with Crippen LogP contribution in [0.3, 0.4) is 0 Å². The molecule has 0 spiro atoms. The van der Waals surface area contributed by atoms with Crippen molar-refractivity contribution >= 4 is 29.3 Å². The van der Waals surface area contributed by atoms with Crippen LogP contribution in [-0.4, -0.2) is 37.3 Å². The smallest absolute Gasteiger partial charge is 0.492 e. The first-order valence-corrected chi connectivity index (χ1v) is 13.1.